The first-order valence-electron chi connectivity index (χ1n) is 15.0. The van der Waals surface area contributed by atoms with E-state index in [4.69, 9.17) is 9.72 Å². The van der Waals surface area contributed by atoms with Crippen LogP contribution in [-0.2, 0) is 17.7 Å². The predicted octanol–water partition coefficient (Wildman–Crippen LogP) is 5.75. The lowest BCUT2D eigenvalue weighted by Gasteiger charge is -2.41. The standard InChI is InChI=1S/C32H39FN6O3/c1-22-34-29-21-36(32(41)42-2)18-15-30(29)39(22)28-19-26-13-14-27(20-28)37(26)16-6-17-38(25-7-4-3-5-8-25)31(40)35-24-11-9-23(33)10-12-24/h3-5,7-12,26-28H,6,13-21H2,1-2H3,(H,35,40)/t26-,27-/m1/s1. The van der Waals surface area contributed by atoms with Gasteiger partial charge in [0.05, 0.1) is 19.3 Å². The number of ether oxygens (including phenoxy) is 1. The molecule has 42 heavy (non-hydrogen) atoms. The Kier molecular flexibility index (Phi) is 8.15. The molecule has 1 N–H and O–H groups in total. The maximum absolute atomic E-state index is 13.4. The van der Waals surface area contributed by atoms with Gasteiger partial charge in [-0.05, 0) is 75.4 Å². The van der Waals surface area contributed by atoms with E-state index in [1.807, 2.05) is 30.3 Å². The number of carbonyl (C=O) groups excluding carboxylic acids is 2. The highest BCUT2D eigenvalue weighted by Gasteiger charge is 2.42. The molecule has 3 aromatic rings. The van der Waals surface area contributed by atoms with Crippen molar-refractivity contribution in [3.63, 3.8) is 0 Å². The molecule has 3 amide bonds. The summed E-state index contributed by atoms with van der Waals surface area (Å²) < 4.78 is 20.8. The number of halogens is 1. The lowest BCUT2D eigenvalue weighted by Crippen LogP contribution is -2.45. The van der Waals surface area contributed by atoms with Crippen molar-refractivity contribution in [1.29, 1.82) is 0 Å². The molecule has 0 spiro atoms. The van der Waals surface area contributed by atoms with E-state index in [0.29, 0.717) is 43.4 Å². The molecule has 0 unspecified atom stereocenters. The van der Waals surface area contributed by atoms with E-state index in [1.165, 1.54) is 37.8 Å². The van der Waals surface area contributed by atoms with Gasteiger partial charge in [0.25, 0.3) is 0 Å². The molecule has 2 fully saturated rings. The summed E-state index contributed by atoms with van der Waals surface area (Å²) in [6, 6.07) is 16.8. The van der Waals surface area contributed by atoms with Gasteiger partial charge in [0.15, 0.2) is 0 Å². The molecule has 2 saturated heterocycles. The van der Waals surface area contributed by atoms with Crippen molar-refractivity contribution < 1.29 is 18.7 Å². The Morgan fingerprint density at radius 1 is 1.05 bits per heavy atom. The summed E-state index contributed by atoms with van der Waals surface area (Å²) in [7, 11) is 1.42. The van der Waals surface area contributed by atoms with E-state index in [0.717, 1.165) is 49.4 Å². The number of piperidine rings is 1. The first kappa shape index (κ1) is 28.2. The first-order valence-corrected chi connectivity index (χ1v) is 15.0. The minimum Gasteiger partial charge on any atom is -0.453 e. The van der Waals surface area contributed by atoms with Gasteiger partial charge in [0.1, 0.15) is 11.6 Å². The lowest BCUT2D eigenvalue weighted by atomic mass is 9.95. The molecule has 0 radical (unpaired) electrons. The first-order chi connectivity index (χ1) is 20.4. The van der Waals surface area contributed by atoms with Gasteiger partial charge in [-0.25, -0.2) is 19.0 Å². The molecule has 222 valence electrons. The van der Waals surface area contributed by atoms with Crippen molar-refractivity contribution in [2.24, 2.45) is 0 Å². The molecule has 3 aliphatic heterocycles. The number of aryl methyl sites for hydroxylation is 1. The number of methoxy groups -OCH3 is 1. The molecule has 2 atom stereocenters. The van der Waals surface area contributed by atoms with Crippen LogP contribution in [0.4, 0.5) is 25.4 Å². The Morgan fingerprint density at radius 2 is 1.76 bits per heavy atom. The van der Waals surface area contributed by atoms with Gasteiger partial charge in [-0.1, -0.05) is 18.2 Å². The minimum absolute atomic E-state index is 0.222. The molecule has 2 aromatic carbocycles. The lowest BCUT2D eigenvalue weighted by molar-refractivity contribution is 0.103. The number of carbonyl (C=O) groups is 2. The van der Waals surface area contributed by atoms with Crippen molar-refractivity contribution in [2.75, 3.05) is 37.0 Å². The fourth-order valence-corrected chi connectivity index (χ4v) is 7.22. The highest BCUT2D eigenvalue weighted by Crippen LogP contribution is 2.42. The number of benzene rings is 2. The van der Waals surface area contributed by atoms with E-state index in [1.54, 1.807) is 21.9 Å². The Labute approximate surface area is 246 Å². The molecule has 2 bridgehead atoms. The highest BCUT2D eigenvalue weighted by molar-refractivity contribution is 6.01. The molecule has 9 nitrogen and oxygen atoms in total. The average Bonchev–Trinajstić information content (AvgIpc) is 3.45. The van der Waals surface area contributed by atoms with Crippen molar-refractivity contribution in [1.82, 2.24) is 19.4 Å². The van der Waals surface area contributed by atoms with E-state index >= 15 is 0 Å². The van der Waals surface area contributed by atoms with Crippen molar-refractivity contribution in [3.05, 3.63) is 77.6 Å². The predicted molar refractivity (Wildman–Crippen MR) is 159 cm³/mol. The number of fused-ring (bicyclic) bond motifs is 3. The number of hydrogen-bond acceptors (Lipinski definition) is 5. The van der Waals surface area contributed by atoms with Gasteiger partial charge in [0, 0.05) is 61.2 Å². The Hall–Kier alpha value is -3.92. The van der Waals surface area contributed by atoms with E-state index in [2.05, 4.69) is 21.7 Å². The number of aromatic nitrogens is 2. The number of nitrogens with one attached hydrogen (secondary N) is 1. The summed E-state index contributed by atoms with van der Waals surface area (Å²) in [5.41, 5.74) is 3.68. The summed E-state index contributed by atoms with van der Waals surface area (Å²) in [6.07, 6.45) is 5.93. The molecule has 6 rings (SSSR count). The monoisotopic (exact) mass is 574 g/mol. The normalized spacial score (nSPS) is 21.6. The van der Waals surface area contributed by atoms with Crippen LogP contribution in [-0.4, -0.2) is 70.3 Å². The molecular formula is C32H39FN6O3. The number of amides is 3. The number of nitrogens with zero attached hydrogens (tertiary/aromatic N) is 5. The molecular weight excluding hydrogens is 535 g/mol. The molecule has 10 heteroatoms. The summed E-state index contributed by atoms with van der Waals surface area (Å²) in [6.45, 7) is 4.77. The third-order valence-electron chi connectivity index (χ3n) is 9.09. The number of anilines is 2. The fraction of sp³-hybridized carbons (Fsp3) is 0.469. The molecule has 0 saturated carbocycles. The number of rotatable bonds is 7. The molecule has 0 aliphatic carbocycles. The second-order valence-electron chi connectivity index (χ2n) is 11.6. The zero-order valence-electron chi connectivity index (χ0n) is 24.3. The van der Waals surface area contributed by atoms with Gasteiger partial charge in [-0.15, -0.1) is 0 Å². The van der Waals surface area contributed by atoms with Crippen LogP contribution in [0.15, 0.2) is 54.6 Å². The van der Waals surface area contributed by atoms with Crippen LogP contribution in [0.2, 0.25) is 0 Å². The van der Waals surface area contributed by atoms with Crippen LogP contribution >= 0.6 is 0 Å². The largest absolute Gasteiger partial charge is 0.453 e. The van der Waals surface area contributed by atoms with Crippen LogP contribution < -0.4 is 10.2 Å². The molecule has 1 aromatic heterocycles. The van der Waals surface area contributed by atoms with Gasteiger partial charge >= 0.3 is 12.1 Å². The van der Waals surface area contributed by atoms with Gasteiger partial charge in [0.2, 0.25) is 0 Å². The fourth-order valence-electron chi connectivity index (χ4n) is 7.22. The Bertz CT molecular complexity index is 1400. The topological polar surface area (TPSA) is 82.9 Å². The summed E-state index contributed by atoms with van der Waals surface area (Å²) in [5.74, 6) is 0.704. The van der Waals surface area contributed by atoms with Crippen LogP contribution in [0.1, 0.15) is 55.4 Å². The number of para-hydroxylation sites is 1. The molecule has 4 heterocycles. The third kappa shape index (κ3) is 5.72. The summed E-state index contributed by atoms with van der Waals surface area (Å²) >= 11 is 0. The Balaban J connectivity index is 1.09. The van der Waals surface area contributed by atoms with Crippen molar-refractivity contribution in [2.45, 2.75) is 70.1 Å². The van der Waals surface area contributed by atoms with Crippen LogP contribution in [0.5, 0.6) is 0 Å². The quantitative estimate of drug-likeness (QED) is 0.389. The highest BCUT2D eigenvalue weighted by atomic mass is 19.1. The maximum atomic E-state index is 13.4. The smallest absolute Gasteiger partial charge is 0.409 e. The number of urea groups is 1. The Morgan fingerprint density at radius 3 is 2.45 bits per heavy atom. The van der Waals surface area contributed by atoms with Crippen molar-refractivity contribution >= 4 is 23.5 Å². The second kappa shape index (κ2) is 12.1. The average molecular weight is 575 g/mol. The third-order valence-corrected chi connectivity index (χ3v) is 9.09. The van der Waals surface area contributed by atoms with Gasteiger partial charge in [-0.3, -0.25) is 9.80 Å². The van der Waals surface area contributed by atoms with E-state index < -0.39 is 0 Å². The zero-order chi connectivity index (χ0) is 29.2. The van der Waals surface area contributed by atoms with E-state index in [9.17, 15) is 14.0 Å². The van der Waals surface area contributed by atoms with Crippen LogP contribution in [0, 0.1) is 12.7 Å². The number of imidazole rings is 1. The minimum atomic E-state index is -0.334. The maximum Gasteiger partial charge on any atom is 0.409 e. The van der Waals surface area contributed by atoms with Gasteiger partial charge in [-0.2, -0.15) is 0 Å². The van der Waals surface area contributed by atoms with Crippen molar-refractivity contribution in [3.8, 4) is 0 Å². The van der Waals surface area contributed by atoms with E-state index in [-0.39, 0.29) is 17.9 Å². The summed E-state index contributed by atoms with van der Waals surface area (Å²) in [5, 5.41) is 2.92. The number of hydrogen-bond donors (Lipinski definition) is 1. The zero-order valence-corrected chi connectivity index (χ0v) is 24.3. The molecule has 3 aliphatic rings. The van der Waals surface area contributed by atoms with Crippen LogP contribution in [0.3, 0.4) is 0 Å². The van der Waals surface area contributed by atoms with Gasteiger partial charge < -0.3 is 19.5 Å². The van der Waals surface area contributed by atoms with Crippen LogP contribution in [0.25, 0.3) is 0 Å². The summed E-state index contributed by atoms with van der Waals surface area (Å²) in [4.78, 5) is 36.4. The second-order valence-corrected chi connectivity index (χ2v) is 11.6. The SMILES string of the molecule is COC(=O)N1CCc2c(nc(C)n2C2C[C@H]3CC[C@H](C2)N3CCCN(C(=O)Nc2ccc(F)cc2)c2ccccc2)C1.